The van der Waals surface area contributed by atoms with Gasteiger partial charge in [0.2, 0.25) is 0 Å². The minimum Gasteiger partial charge on any atom is -0.507 e. The van der Waals surface area contributed by atoms with Gasteiger partial charge in [0, 0.05) is 17.3 Å². The molecule has 0 spiro atoms. The lowest BCUT2D eigenvalue weighted by molar-refractivity contribution is -0.00619. The van der Waals surface area contributed by atoms with Crippen LogP contribution in [0.5, 0.6) is 5.75 Å². The Balaban J connectivity index is 1.75. The predicted octanol–water partition coefficient (Wildman–Crippen LogP) is 5.98. The number of phenolic OH excluding ortho intramolecular Hbond substituents is 1. The zero-order valence-electron chi connectivity index (χ0n) is 19.6. The van der Waals surface area contributed by atoms with Crippen molar-refractivity contribution in [3.05, 3.63) is 28.8 Å². The van der Waals surface area contributed by atoms with E-state index in [-0.39, 0.29) is 23.5 Å². The van der Waals surface area contributed by atoms with Crippen LogP contribution in [0.15, 0.2) is 17.1 Å². The Labute approximate surface area is 183 Å². The number of rotatable bonds is 6. The lowest BCUT2D eigenvalue weighted by Crippen LogP contribution is -2.48. The van der Waals surface area contributed by atoms with Crippen molar-refractivity contribution >= 4 is 6.21 Å². The van der Waals surface area contributed by atoms with Gasteiger partial charge < -0.3 is 10.2 Å². The molecule has 0 aliphatic heterocycles. The minimum atomic E-state index is -0.106. The number of benzene rings is 1. The number of aromatic hydroxyl groups is 1. The van der Waals surface area contributed by atoms with Crippen LogP contribution in [0.3, 0.4) is 0 Å². The molecule has 166 valence electrons. The van der Waals surface area contributed by atoms with Gasteiger partial charge in [-0.1, -0.05) is 40.7 Å². The van der Waals surface area contributed by atoms with Crippen molar-refractivity contribution in [2.45, 2.75) is 96.4 Å². The van der Waals surface area contributed by atoms with Crippen molar-refractivity contribution < 1.29 is 10.2 Å². The molecule has 4 aliphatic rings. The largest absolute Gasteiger partial charge is 0.507 e. The monoisotopic (exact) mass is 411 g/mol. The molecule has 4 aliphatic carbocycles. The van der Waals surface area contributed by atoms with Gasteiger partial charge in [0.05, 0.1) is 12.6 Å². The molecule has 3 nitrogen and oxygen atoms in total. The van der Waals surface area contributed by atoms with Crippen LogP contribution in [-0.2, 0) is 10.8 Å². The summed E-state index contributed by atoms with van der Waals surface area (Å²) in [5, 5.41) is 21.2. The van der Waals surface area contributed by atoms with Crippen molar-refractivity contribution in [3.63, 3.8) is 0 Å². The third-order valence-corrected chi connectivity index (χ3v) is 7.99. The van der Waals surface area contributed by atoms with Crippen LogP contribution in [0.25, 0.3) is 0 Å². The van der Waals surface area contributed by atoms with E-state index in [4.69, 9.17) is 0 Å². The number of aliphatic hydroxyl groups excluding tert-OH is 1. The van der Waals surface area contributed by atoms with E-state index >= 15 is 0 Å². The molecule has 30 heavy (non-hydrogen) atoms. The minimum absolute atomic E-state index is 0.0155. The van der Waals surface area contributed by atoms with Gasteiger partial charge in [0.25, 0.3) is 0 Å². The van der Waals surface area contributed by atoms with Gasteiger partial charge in [-0.3, -0.25) is 4.99 Å². The van der Waals surface area contributed by atoms with Crippen LogP contribution in [0, 0.1) is 23.7 Å². The van der Waals surface area contributed by atoms with E-state index in [2.05, 4.69) is 51.7 Å². The number of aliphatic imine (C=N–C) groups is 1. The topological polar surface area (TPSA) is 52.8 Å². The first-order valence-electron chi connectivity index (χ1n) is 12.1. The maximum atomic E-state index is 11.5. The lowest BCUT2D eigenvalue weighted by Gasteiger charge is -2.57. The molecule has 0 aromatic heterocycles. The molecule has 0 radical (unpaired) electrons. The van der Waals surface area contributed by atoms with Gasteiger partial charge in [-0.15, -0.1) is 0 Å². The molecule has 4 bridgehead atoms. The Bertz CT molecular complexity index is 767. The first-order chi connectivity index (χ1) is 14.1. The quantitative estimate of drug-likeness (QED) is 0.565. The van der Waals surface area contributed by atoms with E-state index in [1.807, 2.05) is 6.21 Å². The average molecular weight is 412 g/mol. The van der Waals surface area contributed by atoms with Crippen LogP contribution in [-0.4, -0.2) is 29.1 Å². The molecule has 0 saturated heterocycles. The third kappa shape index (κ3) is 4.20. The summed E-state index contributed by atoms with van der Waals surface area (Å²) in [6, 6.07) is 4.33. The first kappa shape index (κ1) is 21.9. The first-order valence-corrected chi connectivity index (χ1v) is 12.1. The molecule has 1 aromatic rings. The zero-order chi connectivity index (χ0) is 21.7. The van der Waals surface area contributed by atoms with Gasteiger partial charge in [-0.25, -0.2) is 0 Å². The molecule has 0 unspecified atom stereocenters. The average Bonchev–Trinajstić information content (AvgIpc) is 2.63. The molecule has 4 fully saturated rings. The molecule has 4 saturated carbocycles. The predicted molar refractivity (Wildman–Crippen MR) is 125 cm³/mol. The highest BCUT2D eigenvalue weighted by Gasteiger charge is 2.52. The molecule has 1 atom stereocenters. The van der Waals surface area contributed by atoms with Crippen LogP contribution >= 0.6 is 0 Å². The summed E-state index contributed by atoms with van der Waals surface area (Å²) in [4.78, 5) is 4.69. The van der Waals surface area contributed by atoms with E-state index < -0.39 is 0 Å². The molecule has 0 heterocycles. The smallest absolute Gasteiger partial charge is 0.128 e. The van der Waals surface area contributed by atoms with Gasteiger partial charge >= 0.3 is 0 Å². The van der Waals surface area contributed by atoms with Gasteiger partial charge in [-0.05, 0) is 91.1 Å². The maximum absolute atomic E-state index is 11.5. The number of phenols is 1. The highest BCUT2D eigenvalue weighted by atomic mass is 16.3. The van der Waals surface area contributed by atoms with E-state index in [9.17, 15) is 10.2 Å². The van der Waals surface area contributed by atoms with Crippen LogP contribution < -0.4 is 0 Å². The maximum Gasteiger partial charge on any atom is 0.128 e. The fourth-order valence-corrected chi connectivity index (χ4v) is 6.95. The third-order valence-electron chi connectivity index (χ3n) is 7.99. The zero-order valence-corrected chi connectivity index (χ0v) is 19.6. The molecule has 3 heteroatoms. The summed E-state index contributed by atoms with van der Waals surface area (Å²) in [5.74, 6) is 3.45. The second kappa shape index (κ2) is 7.97. The highest BCUT2D eigenvalue weighted by molar-refractivity contribution is 5.85. The summed E-state index contributed by atoms with van der Waals surface area (Å²) < 4.78 is 0. The molecule has 2 N–H and O–H groups in total. The molecule has 5 rings (SSSR count). The Morgan fingerprint density at radius 2 is 1.63 bits per heavy atom. The van der Waals surface area contributed by atoms with E-state index in [1.165, 1.54) is 49.7 Å². The summed E-state index contributed by atoms with van der Waals surface area (Å²) in [6.07, 6.45) is 10.6. The van der Waals surface area contributed by atoms with Gasteiger partial charge in [0.15, 0.2) is 0 Å². The molecule has 0 amide bonds. The normalized spacial score (nSPS) is 31.8. The Morgan fingerprint density at radius 3 is 2.10 bits per heavy atom. The van der Waals surface area contributed by atoms with E-state index in [0.717, 1.165) is 29.7 Å². The van der Waals surface area contributed by atoms with E-state index in [0.29, 0.717) is 11.7 Å². The number of aliphatic hydroxyl groups is 1. The lowest BCUT2D eigenvalue weighted by atomic mass is 9.47. The van der Waals surface area contributed by atoms with Crippen molar-refractivity contribution in [1.82, 2.24) is 0 Å². The summed E-state index contributed by atoms with van der Waals surface area (Å²) in [6.45, 7) is 11.1. The van der Waals surface area contributed by atoms with Crippen LogP contribution in [0.4, 0.5) is 0 Å². The molecular formula is C27H41NO2. The van der Waals surface area contributed by atoms with Crippen molar-refractivity contribution in [2.75, 3.05) is 6.61 Å². The Hall–Kier alpha value is -1.35. The second-order valence-electron chi connectivity index (χ2n) is 12.2. The second-order valence-corrected chi connectivity index (χ2v) is 12.2. The summed E-state index contributed by atoms with van der Waals surface area (Å²) in [5.41, 5.74) is 3.45. The number of hydrogen-bond acceptors (Lipinski definition) is 3. The Kier molecular flexibility index (Phi) is 5.81. The van der Waals surface area contributed by atoms with Crippen LogP contribution in [0.1, 0.15) is 96.3 Å². The standard InChI is InChI=1S/C27H41NO2/c1-17(2)6-23(16-29)28-15-21-10-22(26(3,4)5)11-24(25(21)30)27-12-18-7-19(13-27)9-20(8-18)14-27/h10-11,15,17-20,23,29-30H,6-9,12-14,16H2,1-5H3/t18?,19?,20?,23-,27?/m0/s1. The van der Waals surface area contributed by atoms with Crippen molar-refractivity contribution in [2.24, 2.45) is 28.7 Å². The summed E-state index contributed by atoms with van der Waals surface area (Å²) in [7, 11) is 0. The van der Waals surface area contributed by atoms with Crippen molar-refractivity contribution in [1.29, 1.82) is 0 Å². The SMILES string of the molecule is CC(C)C[C@@H](CO)N=Cc1cc(C(C)(C)C)cc(C23CC4CC(CC(C4)C2)C3)c1O. The fraction of sp³-hybridized carbons (Fsp3) is 0.741. The van der Waals surface area contributed by atoms with Gasteiger partial charge in [-0.2, -0.15) is 0 Å². The number of hydrogen-bond donors (Lipinski definition) is 2. The highest BCUT2D eigenvalue weighted by Crippen LogP contribution is 2.62. The van der Waals surface area contributed by atoms with Gasteiger partial charge in [0.1, 0.15) is 5.75 Å². The molecule has 1 aromatic carbocycles. The van der Waals surface area contributed by atoms with Crippen molar-refractivity contribution in [3.8, 4) is 5.75 Å². The summed E-state index contributed by atoms with van der Waals surface area (Å²) >= 11 is 0. The van der Waals surface area contributed by atoms with Crippen LogP contribution in [0.2, 0.25) is 0 Å². The molecular weight excluding hydrogens is 370 g/mol. The van der Waals surface area contributed by atoms with E-state index in [1.54, 1.807) is 0 Å². The number of nitrogens with zero attached hydrogens (tertiary/aromatic N) is 1. The Morgan fingerprint density at radius 1 is 1.07 bits per heavy atom. The fourth-order valence-electron chi connectivity index (χ4n) is 6.95.